The summed E-state index contributed by atoms with van der Waals surface area (Å²) in [6.45, 7) is 9.13. The fourth-order valence-electron chi connectivity index (χ4n) is 3.88. The lowest BCUT2D eigenvalue weighted by Gasteiger charge is -2.29. The summed E-state index contributed by atoms with van der Waals surface area (Å²) in [5, 5.41) is 3.07. The van der Waals surface area contributed by atoms with Crippen LogP contribution < -0.4 is 21.0 Å². The number of para-hydroxylation sites is 1. The molecule has 0 aliphatic carbocycles. The Bertz CT molecular complexity index is 1130. The zero-order valence-corrected chi connectivity index (χ0v) is 21.7. The van der Waals surface area contributed by atoms with Crippen LogP contribution in [0.1, 0.15) is 27.0 Å². The molecule has 1 aromatic heterocycles. The number of benzene rings is 1. The van der Waals surface area contributed by atoms with Crippen molar-refractivity contribution < 1.29 is 32.8 Å². The number of nitrogens with zero attached hydrogens (tertiary/aromatic N) is 2. The molecule has 37 heavy (non-hydrogen) atoms. The van der Waals surface area contributed by atoms with E-state index in [9.17, 15) is 9.59 Å². The van der Waals surface area contributed by atoms with Gasteiger partial charge >= 0.3 is 20.2 Å². The van der Waals surface area contributed by atoms with Gasteiger partial charge in [0.1, 0.15) is 48.8 Å². The van der Waals surface area contributed by atoms with Crippen LogP contribution in [0, 0.1) is 0 Å². The Labute approximate surface area is 215 Å². The van der Waals surface area contributed by atoms with Crippen LogP contribution in [0.5, 0.6) is 5.75 Å². The highest BCUT2D eigenvalue weighted by molar-refractivity contribution is 7.45. The van der Waals surface area contributed by atoms with Gasteiger partial charge in [0.25, 0.3) is 0 Å². The molecular weight excluding hydrogens is 503 g/mol. The standard InChI is InChI=1S/C24H31N4O8P/c1-5-17(19-20-21(32-13-31-20)22(34-19)28-12-11-18(25)26-24(28)30)36-37(35-16-9-7-6-8-10-16)27-15(4)23(29)33-14(2)3/h5-12,14-15,17,19-22,27H,1,13H2,2-4H3,(H2,25,26,30)/t15-,17+,19+,20+,21+,22+,37?/m0/s1. The molecule has 2 aliphatic heterocycles. The minimum Gasteiger partial charge on any atom is -0.462 e. The lowest BCUT2D eigenvalue weighted by atomic mass is 10.1. The first kappa shape index (κ1) is 27.2. The van der Waals surface area contributed by atoms with Gasteiger partial charge < -0.3 is 33.7 Å². The number of fused-ring (bicyclic) bond motifs is 1. The molecule has 2 aromatic rings. The first-order valence-electron chi connectivity index (χ1n) is 11.8. The molecule has 1 unspecified atom stereocenters. The number of nitrogens with one attached hydrogen (secondary N) is 1. The van der Waals surface area contributed by atoms with Crippen molar-refractivity contribution in [1.29, 1.82) is 0 Å². The summed E-state index contributed by atoms with van der Waals surface area (Å²) >= 11 is 0. The lowest BCUT2D eigenvalue weighted by molar-refractivity contribution is -0.149. The Kier molecular flexibility index (Phi) is 8.91. The predicted octanol–water partition coefficient (Wildman–Crippen LogP) is 2.27. The smallest absolute Gasteiger partial charge is 0.351 e. The molecule has 13 heteroatoms. The maximum atomic E-state index is 12.5. The zero-order chi connectivity index (χ0) is 26.5. The van der Waals surface area contributed by atoms with Gasteiger partial charge in [0, 0.05) is 6.20 Å². The fourth-order valence-corrected chi connectivity index (χ4v) is 5.20. The Morgan fingerprint density at radius 3 is 2.65 bits per heavy atom. The minimum absolute atomic E-state index is 0.0261. The van der Waals surface area contributed by atoms with Gasteiger partial charge in [0.05, 0.1) is 6.10 Å². The molecule has 4 rings (SSSR count). The molecule has 3 N–H and O–H groups in total. The van der Waals surface area contributed by atoms with E-state index in [0.29, 0.717) is 5.75 Å². The Hall–Kier alpha value is -2.86. The molecule has 1 aromatic carbocycles. The number of nitrogen functional groups attached to an aromatic ring is 1. The predicted molar refractivity (Wildman–Crippen MR) is 134 cm³/mol. The summed E-state index contributed by atoms with van der Waals surface area (Å²) in [7, 11) is -1.89. The molecule has 7 atom stereocenters. The SMILES string of the molecule is C=C[C@@H](OP(N[C@@H](C)C(=O)OC(C)C)Oc1ccccc1)[C@H]1O[C@@H](n2ccc(N)nc2=O)[C@@H]2OCO[C@@H]21. The minimum atomic E-state index is -1.89. The van der Waals surface area contributed by atoms with E-state index >= 15 is 0 Å². The van der Waals surface area contributed by atoms with Crippen LogP contribution in [0.2, 0.25) is 0 Å². The number of hydrogen-bond acceptors (Lipinski definition) is 11. The maximum absolute atomic E-state index is 12.5. The number of carbonyl (C=O) groups excluding carboxylic acids is 1. The number of ether oxygens (including phenoxy) is 4. The molecule has 12 nitrogen and oxygen atoms in total. The molecule has 2 aliphatic rings. The average molecular weight is 535 g/mol. The van der Waals surface area contributed by atoms with Crippen molar-refractivity contribution >= 4 is 20.3 Å². The zero-order valence-electron chi connectivity index (χ0n) is 20.8. The number of anilines is 1. The van der Waals surface area contributed by atoms with Crippen molar-refractivity contribution in [2.75, 3.05) is 12.5 Å². The van der Waals surface area contributed by atoms with E-state index in [1.165, 1.54) is 16.8 Å². The summed E-state index contributed by atoms with van der Waals surface area (Å²) < 4.78 is 36.7. The monoisotopic (exact) mass is 534 g/mol. The number of hydrogen-bond donors (Lipinski definition) is 2. The normalized spacial score (nSPS) is 25.3. The van der Waals surface area contributed by atoms with E-state index in [1.54, 1.807) is 39.0 Å². The maximum Gasteiger partial charge on any atom is 0.351 e. The summed E-state index contributed by atoms with van der Waals surface area (Å²) in [5.41, 5.74) is 5.05. The van der Waals surface area contributed by atoms with Gasteiger partial charge in [-0.25, -0.2) is 9.88 Å². The molecule has 0 saturated carbocycles. The van der Waals surface area contributed by atoms with Crippen molar-refractivity contribution in [3.05, 3.63) is 65.7 Å². The molecule has 0 spiro atoms. The summed E-state index contributed by atoms with van der Waals surface area (Å²) in [6, 6.07) is 9.82. The Morgan fingerprint density at radius 2 is 1.97 bits per heavy atom. The third kappa shape index (κ3) is 6.53. The molecular formula is C24H31N4O8P. The van der Waals surface area contributed by atoms with Crippen molar-refractivity contribution in [3.8, 4) is 5.75 Å². The van der Waals surface area contributed by atoms with Gasteiger partial charge in [-0.1, -0.05) is 24.3 Å². The van der Waals surface area contributed by atoms with Crippen LogP contribution in [0.25, 0.3) is 0 Å². The fraction of sp³-hybridized carbons (Fsp3) is 0.458. The molecule has 2 saturated heterocycles. The average Bonchev–Trinajstić information content (AvgIpc) is 3.46. The van der Waals surface area contributed by atoms with Gasteiger partial charge in [0.15, 0.2) is 6.23 Å². The van der Waals surface area contributed by atoms with Gasteiger partial charge in [-0.2, -0.15) is 4.98 Å². The van der Waals surface area contributed by atoms with Gasteiger partial charge in [-0.15, -0.1) is 6.58 Å². The Morgan fingerprint density at radius 1 is 1.24 bits per heavy atom. The summed E-state index contributed by atoms with van der Waals surface area (Å²) in [4.78, 5) is 28.7. The van der Waals surface area contributed by atoms with E-state index in [-0.39, 0.29) is 18.7 Å². The van der Waals surface area contributed by atoms with Crippen LogP contribution >= 0.6 is 8.53 Å². The number of carbonyl (C=O) groups is 1. The number of esters is 1. The first-order valence-corrected chi connectivity index (χ1v) is 13.0. The van der Waals surface area contributed by atoms with E-state index < -0.39 is 56.9 Å². The highest BCUT2D eigenvalue weighted by Gasteiger charge is 2.53. The number of rotatable bonds is 11. The second-order valence-corrected chi connectivity index (χ2v) is 9.88. The van der Waals surface area contributed by atoms with E-state index in [1.807, 2.05) is 18.2 Å². The molecule has 0 radical (unpaired) electrons. The van der Waals surface area contributed by atoms with E-state index in [2.05, 4.69) is 16.7 Å². The van der Waals surface area contributed by atoms with E-state index in [4.69, 9.17) is 33.7 Å². The van der Waals surface area contributed by atoms with Gasteiger partial charge in [-0.05, 0) is 39.0 Å². The first-order chi connectivity index (χ1) is 17.8. The topological polar surface area (TPSA) is 145 Å². The van der Waals surface area contributed by atoms with Crippen LogP contribution in [0.3, 0.4) is 0 Å². The number of nitrogens with two attached hydrogens (primary N) is 1. The summed E-state index contributed by atoms with van der Waals surface area (Å²) in [5.74, 6) is 0.192. The third-order valence-corrected chi connectivity index (χ3v) is 6.99. The van der Waals surface area contributed by atoms with Crippen molar-refractivity contribution in [2.24, 2.45) is 0 Å². The second-order valence-electron chi connectivity index (χ2n) is 8.72. The summed E-state index contributed by atoms with van der Waals surface area (Å²) in [6.07, 6.45) is -0.656. The molecule has 3 heterocycles. The lowest BCUT2D eigenvalue weighted by Crippen LogP contribution is -2.40. The highest BCUT2D eigenvalue weighted by Crippen LogP contribution is 2.43. The molecule has 0 bridgehead atoms. The largest absolute Gasteiger partial charge is 0.462 e. The quantitative estimate of drug-likeness (QED) is 0.249. The van der Waals surface area contributed by atoms with Crippen LogP contribution in [-0.2, 0) is 28.3 Å². The molecule has 200 valence electrons. The van der Waals surface area contributed by atoms with Crippen molar-refractivity contribution in [3.63, 3.8) is 0 Å². The molecule has 0 amide bonds. The van der Waals surface area contributed by atoms with Crippen LogP contribution in [-0.4, -0.2) is 58.9 Å². The van der Waals surface area contributed by atoms with Gasteiger partial charge in [0.2, 0.25) is 0 Å². The van der Waals surface area contributed by atoms with Crippen LogP contribution in [0.4, 0.5) is 5.82 Å². The highest BCUT2D eigenvalue weighted by atomic mass is 31.2. The van der Waals surface area contributed by atoms with Crippen molar-refractivity contribution in [2.45, 2.75) is 63.6 Å². The second kappa shape index (κ2) is 12.1. The van der Waals surface area contributed by atoms with Gasteiger partial charge in [-0.3, -0.25) is 9.36 Å². The molecule has 2 fully saturated rings. The third-order valence-electron chi connectivity index (χ3n) is 5.58. The van der Waals surface area contributed by atoms with Crippen molar-refractivity contribution in [1.82, 2.24) is 14.6 Å². The van der Waals surface area contributed by atoms with Crippen LogP contribution in [0.15, 0.2) is 60.0 Å². The number of aromatic nitrogens is 2. The van der Waals surface area contributed by atoms with E-state index in [0.717, 1.165) is 0 Å². The Balaban J connectivity index is 1.54.